The molecular formula is C16H25F6NO4. The summed E-state index contributed by atoms with van der Waals surface area (Å²) in [5.74, 6) is 0.386. The second-order valence-corrected chi connectivity index (χ2v) is 8.39. The van der Waals surface area contributed by atoms with E-state index < -0.39 is 31.0 Å². The molecule has 0 radical (unpaired) electrons. The van der Waals surface area contributed by atoms with Crippen molar-refractivity contribution in [1.82, 2.24) is 5.32 Å². The zero-order chi connectivity index (χ0) is 21.3. The van der Waals surface area contributed by atoms with Crippen LogP contribution in [-0.2, 0) is 9.47 Å². The molecule has 160 valence electrons. The lowest BCUT2D eigenvalue weighted by atomic mass is 9.61. The van der Waals surface area contributed by atoms with Crippen molar-refractivity contribution in [2.24, 2.45) is 16.7 Å². The van der Waals surface area contributed by atoms with Gasteiger partial charge in [0.15, 0.2) is 6.61 Å². The van der Waals surface area contributed by atoms with E-state index in [-0.39, 0.29) is 17.4 Å². The van der Waals surface area contributed by atoms with Crippen LogP contribution in [0.1, 0.15) is 47.0 Å². The number of nitrogens with one attached hydrogen (secondary N) is 1. The molecule has 5 nitrogen and oxygen atoms in total. The van der Waals surface area contributed by atoms with Crippen LogP contribution in [0, 0.1) is 16.7 Å². The molecule has 0 spiro atoms. The Kier molecular flexibility index (Phi) is 6.75. The number of amides is 1. The minimum absolute atomic E-state index is 0.0278. The maximum Gasteiger partial charge on any atom is 0.452 e. The molecule has 0 bridgehead atoms. The van der Waals surface area contributed by atoms with Crippen LogP contribution >= 0.6 is 0 Å². The summed E-state index contributed by atoms with van der Waals surface area (Å²) in [6.45, 7) is 6.22. The third kappa shape index (κ3) is 7.36. The maximum absolute atomic E-state index is 13.2. The van der Waals surface area contributed by atoms with Gasteiger partial charge in [0.2, 0.25) is 0 Å². The first-order valence-corrected chi connectivity index (χ1v) is 8.33. The lowest BCUT2D eigenvalue weighted by Crippen LogP contribution is -2.49. The van der Waals surface area contributed by atoms with Crippen LogP contribution in [0.2, 0.25) is 0 Å². The van der Waals surface area contributed by atoms with Gasteiger partial charge in [0.05, 0.1) is 0 Å². The normalized spacial score (nSPS) is 26.6. The van der Waals surface area contributed by atoms with E-state index >= 15 is 0 Å². The van der Waals surface area contributed by atoms with Crippen molar-refractivity contribution in [1.29, 1.82) is 0 Å². The molecule has 0 aromatic rings. The Morgan fingerprint density at radius 2 is 1.70 bits per heavy atom. The van der Waals surface area contributed by atoms with Crippen LogP contribution < -0.4 is 5.32 Å². The molecule has 1 fully saturated rings. The van der Waals surface area contributed by atoms with Crippen LogP contribution in [0.15, 0.2) is 0 Å². The third-order valence-corrected chi connectivity index (χ3v) is 4.31. The summed E-state index contributed by atoms with van der Waals surface area (Å²) in [6, 6.07) is 0. The molecule has 1 saturated carbocycles. The van der Waals surface area contributed by atoms with Crippen LogP contribution in [0.25, 0.3) is 0 Å². The Morgan fingerprint density at radius 1 is 1.15 bits per heavy atom. The highest BCUT2D eigenvalue weighted by Crippen LogP contribution is 2.48. The van der Waals surface area contributed by atoms with Crippen LogP contribution in [0.4, 0.5) is 31.1 Å². The molecule has 1 aliphatic rings. The van der Waals surface area contributed by atoms with Gasteiger partial charge in [0.25, 0.3) is 0 Å². The van der Waals surface area contributed by atoms with Gasteiger partial charge in [-0.2, -0.15) is 26.3 Å². The average molecular weight is 409 g/mol. The number of hydrogen-bond acceptors (Lipinski definition) is 4. The summed E-state index contributed by atoms with van der Waals surface area (Å²) < 4.78 is 82.6. The fraction of sp³-hybridized carbons (Fsp3) is 0.938. The number of carbonyl (C=O) groups is 1. The van der Waals surface area contributed by atoms with Crippen molar-refractivity contribution in [3.05, 3.63) is 0 Å². The Hall–Kier alpha value is -1.23. The molecule has 11 heteroatoms. The van der Waals surface area contributed by atoms with E-state index in [2.05, 4.69) is 35.6 Å². The minimum Gasteiger partial charge on any atom is -0.440 e. The molecule has 2 unspecified atom stereocenters. The summed E-state index contributed by atoms with van der Waals surface area (Å²) in [6.07, 6.45) is -15.4. The van der Waals surface area contributed by atoms with Crippen molar-refractivity contribution in [2.45, 2.75) is 65.3 Å². The van der Waals surface area contributed by atoms with Crippen molar-refractivity contribution in [3.8, 4) is 0 Å². The predicted molar refractivity (Wildman–Crippen MR) is 82.4 cm³/mol. The van der Waals surface area contributed by atoms with E-state index in [0.29, 0.717) is 5.92 Å². The first kappa shape index (κ1) is 23.8. The van der Waals surface area contributed by atoms with Crippen LogP contribution in [0.3, 0.4) is 0 Å². The summed E-state index contributed by atoms with van der Waals surface area (Å²) in [7, 11) is 0. The van der Waals surface area contributed by atoms with Gasteiger partial charge in [0.1, 0.15) is 0 Å². The fourth-order valence-corrected chi connectivity index (χ4v) is 4.06. The van der Waals surface area contributed by atoms with Gasteiger partial charge in [-0.15, -0.1) is 0 Å². The van der Waals surface area contributed by atoms with Crippen molar-refractivity contribution in [3.63, 3.8) is 0 Å². The van der Waals surface area contributed by atoms with Crippen molar-refractivity contribution < 1.29 is 45.7 Å². The second-order valence-electron chi connectivity index (χ2n) is 8.39. The monoisotopic (exact) mass is 409 g/mol. The van der Waals surface area contributed by atoms with E-state index in [1.165, 1.54) is 0 Å². The predicted octanol–water partition coefficient (Wildman–Crippen LogP) is 4.35. The number of alkyl halides is 6. The van der Waals surface area contributed by atoms with Crippen molar-refractivity contribution >= 4 is 6.09 Å². The van der Waals surface area contributed by atoms with Gasteiger partial charge in [-0.3, -0.25) is 0 Å². The van der Waals surface area contributed by atoms with Crippen LogP contribution in [-0.4, -0.2) is 42.7 Å². The highest BCUT2D eigenvalue weighted by molar-refractivity contribution is 5.67. The van der Waals surface area contributed by atoms with Gasteiger partial charge >= 0.3 is 24.4 Å². The van der Waals surface area contributed by atoms with Gasteiger partial charge in [-0.1, -0.05) is 27.7 Å². The van der Waals surface area contributed by atoms with Crippen molar-refractivity contribution in [2.75, 3.05) is 13.2 Å². The van der Waals surface area contributed by atoms with E-state index in [1.807, 2.05) is 6.92 Å². The molecule has 2 atom stereocenters. The van der Waals surface area contributed by atoms with Gasteiger partial charge in [0, 0.05) is 6.54 Å². The number of halogens is 6. The molecule has 1 rings (SSSR count). The largest absolute Gasteiger partial charge is 0.452 e. The average Bonchev–Trinajstić information content (AvgIpc) is 2.38. The second kappa shape index (κ2) is 7.65. The number of hydrogen-bond donors (Lipinski definition) is 2. The first-order chi connectivity index (χ1) is 11.9. The lowest BCUT2D eigenvalue weighted by molar-refractivity contribution is -0.475. The molecule has 0 heterocycles. The summed E-state index contributed by atoms with van der Waals surface area (Å²) in [4.78, 5) is 11.6. The quantitative estimate of drug-likeness (QED) is 0.614. The number of aliphatic hydroxyl groups is 1. The molecule has 2 N–H and O–H groups in total. The lowest BCUT2D eigenvalue weighted by Gasteiger charge is -2.45. The number of carbonyl (C=O) groups excluding carboxylic acids is 1. The number of ether oxygens (including phenoxy) is 2. The van der Waals surface area contributed by atoms with Crippen LogP contribution in [0.5, 0.6) is 0 Å². The topological polar surface area (TPSA) is 67.8 Å². The third-order valence-electron chi connectivity index (χ3n) is 4.31. The van der Waals surface area contributed by atoms with Gasteiger partial charge in [-0.25, -0.2) is 9.53 Å². The summed E-state index contributed by atoms with van der Waals surface area (Å²) in [5, 5.41) is 10.1. The van der Waals surface area contributed by atoms with Gasteiger partial charge in [-0.05, 0) is 36.0 Å². The van der Waals surface area contributed by atoms with E-state index in [4.69, 9.17) is 5.11 Å². The molecule has 27 heavy (non-hydrogen) atoms. The smallest absolute Gasteiger partial charge is 0.440 e. The van der Waals surface area contributed by atoms with E-state index in [0.717, 1.165) is 19.3 Å². The Labute approximate surface area is 153 Å². The standard InChI is InChI=1S/C16H25F6NO4/c1-10-5-12(2,3)7-13(4,6-10)8-23-11(24)26-9-14(17,18)27-16(21,22)15(19,20)25/h10,25H,5-9H2,1-4H3,(H,23,24). The highest BCUT2D eigenvalue weighted by Gasteiger charge is 2.62. The SMILES string of the molecule is CC1CC(C)(C)CC(C)(CNC(=O)OCC(F)(F)OC(F)(F)C(O)(F)F)C1. The molecule has 0 aliphatic heterocycles. The molecule has 1 amide bonds. The van der Waals surface area contributed by atoms with E-state index in [9.17, 15) is 31.1 Å². The first-order valence-electron chi connectivity index (χ1n) is 8.33. The number of alkyl carbamates (subject to hydrolysis) is 1. The summed E-state index contributed by atoms with van der Waals surface area (Å²) >= 11 is 0. The minimum atomic E-state index is -5.85. The highest BCUT2D eigenvalue weighted by atomic mass is 19.3. The van der Waals surface area contributed by atoms with Gasteiger partial charge < -0.3 is 15.2 Å². The Morgan fingerprint density at radius 3 is 2.19 bits per heavy atom. The molecule has 0 aromatic heterocycles. The Balaban J connectivity index is 2.53. The molecule has 1 aliphatic carbocycles. The number of rotatable bonds is 7. The molecule has 0 aromatic carbocycles. The fourth-order valence-electron chi connectivity index (χ4n) is 4.06. The van der Waals surface area contributed by atoms with E-state index in [1.54, 1.807) is 0 Å². The molecule has 0 saturated heterocycles. The zero-order valence-corrected chi connectivity index (χ0v) is 15.6. The molecular weight excluding hydrogens is 384 g/mol. The zero-order valence-electron chi connectivity index (χ0n) is 15.6. The summed E-state index contributed by atoms with van der Waals surface area (Å²) in [5.41, 5.74) is -0.287. The maximum atomic E-state index is 13.2. The Bertz CT molecular complexity index is 537.